The second-order valence-corrected chi connectivity index (χ2v) is 6.07. The van der Waals surface area contributed by atoms with Gasteiger partial charge in [0.15, 0.2) is 0 Å². The summed E-state index contributed by atoms with van der Waals surface area (Å²) < 4.78 is 0. The topological polar surface area (TPSA) is 15.3 Å². The fourth-order valence-electron chi connectivity index (χ4n) is 2.69. The van der Waals surface area contributed by atoms with Crippen molar-refractivity contribution in [1.29, 1.82) is 0 Å². The molecule has 1 aliphatic heterocycles. The number of hydrogen-bond donors (Lipinski definition) is 1. The van der Waals surface area contributed by atoms with E-state index >= 15 is 0 Å². The minimum absolute atomic E-state index is 0.374. The molecular formula is C14H30N2. The lowest BCUT2D eigenvalue weighted by Crippen LogP contribution is -2.46. The van der Waals surface area contributed by atoms with Gasteiger partial charge in [0.25, 0.3) is 0 Å². The van der Waals surface area contributed by atoms with Gasteiger partial charge in [0.2, 0.25) is 0 Å². The first-order valence-electron chi connectivity index (χ1n) is 6.95. The maximum atomic E-state index is 3.56. The molecule has 1 heterocycles. The Kier molecular flexibility index (Phi) is 5.26. The SMILES string of the molecule is CCNC(C)C(C)(C)CN1CCC(CC)C1. The molecule has 1 fully saturated rings. The van der Waals surface area contributed by atoms with E-state index in [0.717, 1.165) is 12.5 Å². The van der Waals surface area contributed by atoms with Crippen molar-refractivity contribution < 1.29 is 0 Å². The van der Waals surface area contributed by atoms with Crippen molar-refractivity contribution in [3.05, 3.63) is 0 Å². The van der Waals surface area contributed by atoms with Crippen molar-refractivity contribution >= 4 is 0 Å². The lowest BCUT2D eigenvalue weighted by atomic mass is 9.84. The Balaban J connectivity index is 2.40. The molecule has 0 bridgehead atoms. The Morgan fingerprint density at radius 3 is 2.56 bits per heavy atom. The highest BCUT2D eigenvalue weighted by Gasteiger charge is 2.30. The largest absolute Gasteiger partial charge is 0.314 e. The summed E-state index contributed by atoms with van der Waals surface area (Å²) in [7, 11) is 0. The first-order chi connectivity index (χ1) is 7.49. The Hall–Kier alpha value is -0.0800. The van der Waals surface area contributed by atoms with E-state index in [1.54, 1.807) is 0 Å². The smallest absolute Gasteiger partial charge is 0.0102 e. The highest BCUT2D eigenvalue weighted by molar-refractivity contribution is 4.86. The van der Waals surface area contributed by atoms with Crippen LogP contribution in [0, 0.1) is 11.3 Å². The third-order valence-electron chi connectivity index (χ3n) is 4.26. The Morgan fingerprint density at radius 1 is 1.38 bits per heavy atom. The van der Waals surface area contributed by atoms with Gasteiger partial charge in [-0.3, -0.25) is 0 Å². The Morgan fingerprint density at radius 2 is 2.06 bits per heavy atom. The van der Waals surface area contributed by atoms with Gasteiger partial charge in [0.05, 0.1) is 0 Å². The molecule has 0 radical (unpaired) electrons. The Bertz CT molecular complexity index is 201. The van der Waals surface area contributed by atoms with Crippen molar-refractivity contribution in [3.63, 3.8) is 0 Å². The Labute approximate surface area is 102 Å². The van der Waals surface area contributed by atoms with E-state index in [1.807, 2.05) is 0 Å². The summed E-state index contributed by atoms with van der Waals surface area (Å²) in [5.74, 6) is 0.949. The van der Waals surface area contributed by atoms with Crippen LogP contribution in [0.15, 0.2) is 0 Å². The summed E-state index contributed by atoms with van der Waals surface area (Å²) in [5.41, 5.74) is 0.374. The molecule has 1 saturated heterocycles. The monoisotopic (exact) mass is 226 g/mol. The van der Waals surface area contributed by atoms with Crippen molar-refractivity contribution in [3.8, 4) is 0 Å². The van der Waals surface area contributed by atoms with Gasteiger partial charge in [0, 0.05) is 19.1 Å². The molecule has 1 N–H and O–H groups in total. The van der Waals surface area contributed by atoms with Crippen LogP contribution in [0.3, 0.4) is 0 Å². The van der Waals surface area contributed by atoms with Crippen LogP contribution in [0.5, 0.6) is 0 Å². The summed E-state index contributed by atoms with van der Waals surface area (Å²) in [6.45, 7) is 16.5. The number of nitrogens with one attached hydrogen (secondary N) is 1. The average molecular weight is 226 g/mol. The van der Waals surface area contributed by atoms with Gasteiger partial charge in [-0.15, -0.1) is 0 Å². The quantitative estimate of drug-likeness (QED) is 0.749. The van der Waals surface area contributed by atoms with E-state index in [4.69, 9.17) is 0 Å². The first kappa shape index (κ1) is 14.0. The number of nitrogens with zero attached hydrogens (tertiary/aromatic N) is 1. The van der Waals surface area contributed by atoms with Crippen LogP contribution in [-0.2, 0) is 0 Å². The molecule has 1 rings (SSSR count). The summed E-state index contributed by atoms with van der Waals surface area (Å²) >= 11 is 0. The maximum absolute atomic E-state index is 3.56. The predicted octanol–water partition coefficient (Wildman–Crippen LogP) is 2.74. The van der Waals surface area contributed by atoms with Crippen LogP contribution < -0.4 is 5.32 Å². The van der Waals surface area contributed by atoms with Crippen molar-refractivity contribution in [1.82, 2.24) is 10.2 Å². The lowest BCUT2D eigenvalue weighted by Gasteiger charge is -2.36. The summed E-state index contributed by atoms with van der Waals surface area (Å²) in [4.78, 5) is 2.65. The second-order valence-electron chi connectivity index (χ2n) is 6.07. The van der Waals surface area contributed by atoms with Crippen molar-refractivity contribution in [2.45, 2.75) is 53.5 Å². The van der Waals surface area contributed by atoms with Gasteiger partial charge in [-0.2, -0.15) is 0 Å². The molecule has 2 heteroatoms. The maximum Gasteiger partial charge on any atom is 0.0102 e. The average Bonchev–Trinajstić information content (AvgIpc) is 2.65. The molecule has 0 aromatic rings. The molecule has 0 aliphatic carbocycles. The van der Waals surface area contributed by atoms with Crippen LogP contribution in [-0.4, -0.2) is 37.1 Å². The lowest BCUT2D eigenvalue weighted by molar-refractivity contribution is 0.161. The molecule has 2 unspecified atom stereocenters. The third-order valence-corrected chi connectivity index (χ3v) is 4.26. The molecule has 2 atom stereocenters. The predicted molar refractivity (Wildman–Crippen MR) is 71.8 cm³/mol. The van der Waals surface area contributed by atoms with Gasteiger partial charge >= 0.3 is 0 Å². The molecule has 1 aliphatic rings. The zero-order valence-corrected chi connectivity index (χ0v) is 11.8. The summed E-state index contributed by atoms with van der Waals surface area (Å²) in [6.07, 6.45) is 2.75. The van der Waals surface area contributed by atoms with E-state index in [1.165, 1.54) is 32.5 Å². The second kappa shape index (κ2) is 6.02. The van der Waals surface area contributed by atoms with Crippen LogP contribution in [0.1, 0.15) is 47.5 Å². The van der Waals surface area contributed by atoms with Gasteiger partial charge < -0.3 is 10.2 Å². The summed E-state index contributed by atoms with van der Waals surface area (Å²) in [5, 5.41) is 3.56. The van der Waals surface area contributed by atoms with Gasteiger partial charge in [0.1, 0.15) is 0 Å². The standard InChI is InChI=1S/C14H30N2/c1-6-13-8-9-16(10-13)11-14(4,5)12(3)15-7-2/h12-13,15H,6-11H2,1-5H3. The van der Waals surface area contributed by atoms with Crippen molar-refractivity contribution in [2.24, 2.45) is 11.3 Å². The minimum atomic E-state index is 0.374. The van der Waals surface area contributed by atoms with E-state index < -0.39 is 0 Å². The van der Waals surface area contributed by atoms with Crippen LogP contribution in [0.4, 0.5) is 0 Å². The molecule has 0 aromatic carbocycles. The number of rotatable bonds is 6. The van der Waals surface area contributed by atoms with Crippen LogP contribution in [0.25, 0.3) is 0 Å². The van der Waals surface area contributed by atoms with Crippen molar-refractivity contribution in [2.75, 3.05) is 26.2 Å². The molecule has 0 spiro atoms. The molecule has 0 aromatic heterocycles. The summed E-state index contributed by atoms with van der Waals surface area (Å²) in [6, 6.07) is 0.596. The number of likely N-dealkylation sites (tertiary alicyclic amines) is 1. The normalized spacial score (nSPS) is 24.9. The molecule has 2 nitrogen and oxygen atoms in total. The van der Waals surface area contributed by atoms with E-state index in [9.17, 15) is 0 Å². The molecular weight excluding hydrogens is 196 g/mol. The molecule has 0 amide bonds. The minimum Gasteiger partial charge on any atom is -0.314 e. The fourth-order valence-corrected chi connectivity index (χ4v) is 2.69. The molecule has 0 saturated carbocycles. The fraction of sp³-hybridized carbons (Fsp3) is 1.00. The third kappa shape index (κ3) is 3.74. The highest BCUT2D eigenvalue weighted by atomic mass is 15.2. The van der Waals surface area contributed by atoms with Gasteiger partial charge in [-0.25, -0.2) is 0 Å². The zero-order chi connectivity index (χ0) is 12.2. The van der Waals surface area contributed by atoms with Gasteiger partial charge in [-0.1, -0.05) is 34.1 Å². The zero-order valence-electron chi connectivity index (χ0n) is 11.8. The number of hydrogen-bond acceptors (Lipinski definition) is 2. The van der Waals surface area contributed by atoms with Crippen LogP contribution in [0.2, 0.25) is 0 Å². The van der Waals surface area contributed by atoms with E-state index in [0.29, 0.717) is 11.5 Å². The van der Waals surface area contributed by atoms with E-state index in [-0.39, 0.29) is 0 Å². The molecule has 16 heavy (non-hydrogen) atoms. The van der Waals surface area contributed by atoms with Crippen LogP contribution >= 0.6 is 0 Å². The highest BCUT2D eigenvalue weighted by Crippen LogP contribution is 2.26. The first-order valence-corrected chi connectivity index (χ1v) is 6.95. The van der Waals surface area contributed by atoms with E-state index in [2.05, 4.69) is 44.8 Å². The van der Waals surface area contributed by atoms with Gasteiger partial charge in [-0.05, 0) is 37.8 Å². The molecule has 96 valence electrons.